The van der Waals surface area contributed by atoms with E-state index in [4.69, 9.17) is 0 Å². The van der Waals surface area contributed by atoms with Crippen molar-refractivity contribution >= 4 is 55.0 Å². The molecule has 2 aromatic heterocycles. The SMILES string of the molecule is Cc1ccc2nc(NC(=O)CCc3csc(NC(=O)c4ccc(F)cc4)n3)sc2c1. The molecule has 0 saturated heterocycles. The highest BCUT2D eigenvalue weighted by Gasteiger charge is 2.12. The number of carbonyl (C=O) groups excluding carboxylic acids is 2. The van der Waals surface area contributed by atoms with Crippen LogP contribution in [0.1, 0.15) is 28.0 Å². The van der Waals surface area contributed by atoms with E-state index >= 15 is 0 Å². The highest BCUT2D eigenvalue weighted by atomic mass is 32.1. The molecule has 2 amide bonds. The number of hydrogen-bond acceptors (Lipinski definition) is 6. The van der Waals surface area contributed by atoms with E-state index < -0.39 is 5.82 Å². The quantitative estimate of drug-likeness (QED) is 0.441. The summed E-state index contributed by atoms with van der Waals surface area (Å²) >= 11 is 2.72. The highest BCUT2D eigenvalue weighted by molar-refractivity contribution is 7.22. The first-order chi connectivity index (χ1) is 14.5. The van der Waals surface area contributed by atoms with Crippen molar-refractivity contribution in [3.8, 4) is 0 Å². The third kappa shape index (κ3) is 4.87. The van der Waals surface area contributed by atoms with E-state index in [1.807, 2.05) is 25.1 Å². The molecule has 4 rings (SSSR count). The fourth-order valence-electron chi connectivity index (χ4n) is 2.76. The zero-order valence-electron chi connectivity index (χ0n) is 15.9. The van der Waals surface area contributed by atoms with Crippen LogP contribution in [0.2, 0.25) is 0 Å². The maximum Gasteiger partial charge on any atom is 0.257 e. The van der Waals surface area contributed by atoms with Crippen LogP contribution in [0.4, 0.5) is 14.7 Å². The number of carbonyl (C=O) groups is 2. The Labute approximate surface area is 179 Å². The normalized spacial score (nSPS) is 10.9. The monoisotopic (exact) mass is 440 g/mol. The van der Waals surface area contributed by atoms with Gasteiger partial charge in [-0.3, -0.25) is 14.9 Å². The average molecular weight is 441 g/mol. The van der Waals surface area contributed by atoms with E-state index in [0.29, 0.717) is 27.9 Å². The van der Waals surface area contributed by atoms with E-state index in [1.165, 1.54) is 46.9 Å². The minimum Gasteiger partial charge on any atom is -0.302 e. The number of anilines is 2. The second-order valence-corrected chi connectivity index (χ2v) is 8.53. The van der Waals surface area contributed by atoms with Crippen molar-refractivity contribution < 1.29 is 14.0 Å². The lowest BCUT2D eigenvalue weighted by Gasteiger charge is -2.01. The van der Waals surface area contributed by atoms with Gasteiger partial charge in [-0.05, 0) is 55.3 Å². The van der Waals surface area contributed by atoms with Crippen LogP contribution in [-0.2, 0) is 11.2 Å². The van der Waals surface area contributed by atoms with Crippen molar-refractivity contribution in [2.45, 2.75) is 19.8 Å². The third-order valence-electron chi connectivity index (χ3n) is 4.28. The summed E-state index contributed by atoms with van der Waals surface area (Å²) < 4.78 is 14.0. The molecule has 9 heteroatoms. The van der Waals surface area contributed by atoms with Gasteiger partial charge in [-0.25, -0.2) is 14.4 Å². The summed E-state index contributed by atoms with van der Waals surface area (Å²) in [5, 5.41) is 8.32. The smallest absolute Gasteiger partial charge is 0.257 e. The Morgan fingerprint density at radius 2 is 1.83 bits per heavy atom. The Hall–Kier alpha value is -3.17. The lowest BCUT2D eigenvalue weighted by molar-refractivity contribution is -0.116. The Morgan fingerprint density at radius 3 is 2.63 bits per heavy atom. The van der Waals surface area contributed by atoms with Gasteiger partial charge in [0.05, 0.1) is 15.9 Å². The van der Waals surface area contributed by atoms with Gasteiger partial charge < -0.3 is 5.32 Å². The zero-order chi connectivity index (χ0) is 21.1. The fraction of sp³-hybridized carbons (Fsp3) is 0.143. The largest absolute Gasteiger partial charge is 0.302 e. The van der Waals surface area contributed by atoms with Crippen LogP contribution in [-0.4, -0.2) is 21.8 Å². The second kappa shape index (κ2) is 8.68. The van der Waals surface area contributed by atoms with Gasteiger partial charge in [0.2, 0.25) is 5.91 Å². The van der Waals surface area contributed by atoms with Crippen LogP contribution < -0.4 is 10.6 Å². The van der Waals surface area contributed by atoms with Gasteiger partial charge >= 0.3 is 0 Å². The molecule has 0 unspecified atom stereocenters. The number of amides is 2. The maximum atomic E-state index is 13.0. The number of aryl methyl sites for hydroxylation is 2. The van der Waals surface area contributed by atoms with Crippen molar-refractivity contribution in [2.75, 3.05) is 10.6 Å². The van der Waals surface area contributed by atoms with Crippen molar-refractivity contribution in [1.82, 2.24) is 9.97 Å². The predicted octanol–water partition coefficient (Wildman–Crippen LogP) is 5.02. The van der Waals surface area contributed by atoms with Gasteiger partial charge in [-0.15, -0.1) is 11.3 Å². The molecular weight excluding hydrogens is 423 g/mol. The number of halogens is 1. The van der Waals surface area contributed by atoms with Gasteiger partial charge in [0.1, 0.15) is 5.82 Å². The summed E-state index contributed by atoms with van der Waals surface area (Å²) in [5.41, 5.74) is 3.07. The summed E-state index contributed by atoms with van der Waals surface area (Å²) in [5.74, 6) is -0.905. The summed E-state index contributed by atoms with van der Waals surface area (Å²) in [6.45, 7) is 2.02. The fourth-order valence-corrected chi connectivity index (χ4v) is 4.48. The van der Waals surface area contributed by atoms with Crippen molar-refractivity contribution in [3.63, 3.8) is 0 Å². The first-order valence-corrected chi connectivity index (χ1v) is 10.8. The number of thiazole rings is 2. The molecule has 2 N–H and O–H groups in total. The highest BCUT2D eigenvalue weighted by Crippen LogP contribution is 2.27. The van der Waals surface area contributed by atoms with E-state index in [9.17, 15) is 14.0 Å². The Balaban J connectivity index is 1.30. The molecule has 0 radical (unpaired) electrons. The predicted molar refractivity (Wildman–Crippen MR) is 118 cm³/mol. The van der Waals surface area contributed by atoms with Crippen LogP contribution in [0.25, 0.3) is 10.2 Å². The first kappa shape index (κ1) is 20.1. The second-order valence-electron chi connectivity index (χ2n) is 6.64. The average Bonchev–Trinajstić information content (AvgIpc) is 3.32. The molecule has 2 aromatic carbocycles. The van der Waals surface area contributed by atoms with Crippen LogP contribution in [0.15, 0.2) is 47.8 Å². The molecule has 0 aliphatic heterocycles. The number of hydrogen-bond donors (Lipinski definition) is 2. The summed E-state index contributed by atoms with van der Waals surface area (Å²) in [7, 11) is 0. The number of benzene rings is 2. The Morgan fingerprint density at radius 1 is 1.03 bits per heavy atom. The van der Waals surface area contributed by atoms with Crippen LogP contribution in [0, 0.1) is 12.7 Å². The number of nitrogens with one attached hydrogen (secondary N) is 2. The molecule has 0 spiro atoms. The van der Waals surface area contributed by atoms with Crippen LogP contribution in [0.5, 0.6) is 0 Å². The maximum absolute atomic E-state index is 13.0. The Bertz CT molecular complexity index is 1220. The molecule has 0 fully saturated rings. The standard InChI is InChI=1S/C21H17FN4O2S2/c1-12-2-8-16-17(10-12)30-21(24-16)25-18(27)9-7-15-11-29-20(23-15)26-19(28)13-3-5-14(22)6-4-13/h2-6,8,10-11H,7,9H2,1H3,(H,23,26,28)(H,24,25,27). The van der Waals surface area contributed by atoms with E-state index in [1.54, 1.807) is 5.38 Å². The summed E-state index contributed by atoms with van der Waals surface area (Å²) in [6.07, 6.45) is 0.697. The van der Waals surface area contributed by atoms with E-state index in [-0.39, 0.29) is 18.2 Å². The molecule has 6 nitrogen and oxygen atoms in total. The first-order valence-electron chi connectivity index (χ1n) is 9.14. The van der Waals surface area contributed by atoms with Gasteiger partial charge in [-0.2, -0.15) is 0 Å². The Kier molecular flexibility index (Phi) is 5.82. The van der Waals surface area contributed by atoms with Gasteiger partial charge in [0.25, 0.3) is 5.91 Å². The van der Waals surface area contributed by atoms with Crippen LogP contribution >= 0.6 is 22.7 Å². The summed E-state index contributed by atoms with van der Waals surface area (Å²) in [6, 6.07) is 11.2. The van der Waals surface area contributed by atoms with Gasteiger partial charge in [-0.1, -0.05) is 17.4 Å². The number of fused-ring (bicyclic) bond motifs is 1. The summed E-state index contributed by atoms with van der Waals surface area (Å²) in [4.78, 5) is 33.2. The molecule has 2 heterocycles. The van der Waals surface area contributed by atoms with E-state index in [2.05, 4.69) is 20.6 Å². The molecule has 0 saturated carbocycles. The molecule has 152 valence electrons. The van der Waals surface area contributed by atoms with Gasteiger partial charge in [0, 0.05) is 17.4 Å². The van der Waals surface area contributed by atoms with Crippen LogP contribution in [0.3, 0.4) is 0 Å². The molecule has 4 aromatic rings. The van der Waals surface area contributed by atoms with E-state index in [0.717, 1.165) is 15.8 Å². The molecule has 0 bridgehead atoms. The number of rotatable bonds is 6. The minimum atomic E-state index is -0.401. The lowest BCUT2D eigenvalue weighted by Crippen LogP contribution is -2.13. The molecule has 30 heavy (non-hydrogen) atoms. The number of aromatic nitrogens is 2. The number of nitrogens with zero attached hydrogens (tertiary/aromatic N) is 2. The molecule has 0 aliphatic carbocycles. The third-order valence-corrected chi connectivity index (χ3v) is 6.02. The minimum absolute atomic E-state index is 0.143. The van der Waals surface area contributed by atoms with Crippen molar-refractivity contribution in [2.24, 2.45) is 0 Å². The molecular formula is C21H17FN4O2S2. The topological polar surface area (TPSA) is 84.0 Å². The van der Waals surface area contributed by atoms with Gasteiger partial charge in [0.15, 0.2) is 10.3 Å². The lowest BCUT2D eigenvalue weighted by atomic mass is 10.2. The van der Waals surface area contributed by atoms with Crippen molar-refractivity contribution in [3.05, 3.63) is 70.5 Å². The molecule has 0 atom stereocenters. The molecule has 0 aliphatic rings. The van der Waals surface area contributed by atoms with Crippen molar-refractivity contribution in [1.29, 1.82) is 0 Å². The zero-order valence-corrected chi connectivity index (χ0v) is 17.6.